The lowest BCUT2D eigenvalue weighted by Gasteiger charge is -2.37. The van der Waals surface area contributed by atoms with Crippen molar-refractivity contribution in [3.8, 4) is 28.7 Å². The van der Waals surface area contributed by atoms with E-state index in [1.807, 2.05) is 27.7 Å². The molecule has 0 aliphatic carbocycles. The van der Waals surface area contributed by atoms with Crippen LogP contribution in [-0.4, -0.2) is 146 Å². The minimum absolute atomic E-state index is 0.0264. The van der Waals surface area contributed by atoms with Crippen LogP contribution in [0.15, 0.2) is 71.8 Å². The molecule has 21 nitrogen and oxygen atoms in total. The zero-order valence-corrected chi connectivity index (χ0v) is 49.6. The molecule has 82 heavy (non-hydrogen) atoms. The van der Waals surface area contributed by atoms with E-state index in [4.69, 9.17) is 23.7 Å². The Morgan fingerprint density at radius 3 is 2.23 bits per heavy atom. The van der Waals surface area contributed by atoms with Gasteiger partial charge < -0.3 is 64.2 Å². The number of aliphatic hydroxyl groups excluding tert-OH is 2. The number of aromatic hydroxyl groups is 3. The van der Waals surface area contributed by atoms with Crippen LogP contribution in [0, 0.1) is 36.5 Å². The summed E-state index contributed by atoms with van der Waals surface area (Å²) in [7, 11) is -4.01. The number of amides is 1. The summed E-state index contributed by atoms with van der Waals surface area (Å²) in [5.74, 6) is -8.80. The molecule has 4 aliphatic heterocycles. The molecule has 1 saturated heterocycles. The molecule has 5 bridgehead atoms. The molecule has 0 spiro atoms. The standard InChI is InChI=1S/C60H79N4O17P/c1-32-19-26-78-60(13)57(73)48-46-47(52(70)39(8)56(48)81-60)54(72)49(62-58(74)34(3)16-14-15-33(2)50(68)37(6)51(69)38(7)55(36(32)5)80-41(10)67)43(53(46)71)31-61-64-22-20-63(21-23-64)24-27-77-35(4)30-59(11,12)44-29-42(82(75,76)28-25-65)17-18-45(44)79-40(9)66/h14-19,25-26,29,31-33,36-38,50-51,55,68-72H,4,20-24,27-28,30H2,1-3,5-13H3,(H,62,74)(H,75,76)/b15-14+,26-19+,34-16-,61-31-/t32-,33-,36+,37+,38+,50-,51+,55+,60-/m0/s1. The van der Waals surface area contributed by atoms with Crippen molar-refractivity contribution in [1.82, 2.24) is 9.91 Å². The van der Waals surface area contributed by atoms with E-state index in [9.17, 15) is 59.0 Å². The van der Waals surface area contributed by atoms with E-state index in [1.165, 1.54) is 71.4 Å². The number of nitrogens with one attached hydrogen (secondary N) is 1. The van der Waals surface area contributed by atoms with Crippen molar-refractivity contribution in [2.24, 2.45) is 34.7 Å². The number of allylic oxidation sites excluding steroid dienone is 4. The third kappa shape index (κ3) is 14.1. The minimum Gasteiger partial charge on any atom is -0.507 e. The van der Waals surface area contributed by atoms with Crippen LogP contribution in [-0.2, 0) is 43.4 Å². The number of phenols is 3. The van der Waals surface area contributed by atoms with Gasteiger partial charge in [0.05, 0.1) is 58.8 Å². The molecule has 10 atom stereocenters. The number of Topliss-reactive ketones (excluding diaryl/α,β-unsaturated/α-hetero) is 1. The third-order valence-electron chi connectivity index (χ3n) is 15.9. The molecule has 4 aliphatic rings. The van der Waals surface area contributed by atoms with E-state index in [2.05, 4.69) is 21.9 Å². The van der Waals surface area contributed by atoms with Crippen LogP contribution in [0.2, 0.25) is 0 Å². The number of anilines is 1. The summed E-state index contributed by atoms with van der Waals surface area (Å²) >= 11 is 0. The zero-order chi connectivity index (χ0) is 60.9. The van der Waals surface area contributed by atoms with Gasteiger partial charge in [-0.25, -0.2) is 0 Å². The van der Waals surface area contributed by atoms with E-state index in [0.717, 1.165) is 0 Å². The van der Waals surface area contributed by atoms with Gasteiger partial charge in [-0.15, -0.1) is 0 Å². The number of benzene rings is 3. The number of carbonyl (C=O) groups excluding carboxylic acids is 5. The fraction of sp³-hybridized carbons (Fsp3) is 0.500. The van der Waals surface area contributed by atoms with Crippen LogP contribution in [0.5, 0.6) is 28.7 Å². The number of esters is 2. The second kappa shape index (κ2) is 26.0. The van der Waals surface area contributed by atoms with Gasteiger partial charge in [0.25, 0.3) is 11.7 Å². The van der Waals surface area contributed by atoms with Crippen molar-refractivity contribution in [2.75, 3.05) is 50.8 Å². The Bertz CT molecular complexity index is 3140. The molecule has 446 valence electrons. The number of ketones is 1. The molecule has 3 aromatic rings. The van der Waals surface area contributed by atoms with Crippen LogP contribution >= 0.6 is 7.37 Å². The first kappa shape index (κ1) is 64.1. The Morgan fingerprint density at radius 2 is 1.60 bits per heavy atom. The summed E-state index contributed by atoms with van der Waals surface area (Å²) in [6.45, 7) is 26.0. The quantitative estimate of drug-likeness (QED) is 0.0122. The molecule has 3 aromatic carbocycles. The third-order valence-corrected chi connectivity index (χ3v) is 17.6. The lowest BCUT2D eigenvalue weighted by atomic mass is 9.77. The Hall–Kier alpha value is -7.03. The molecule has 1 unspecified atom stereocenters. The lowest BCUT2D eigenvalue weighted by molar-refractivity contribution is -0.158. The van der Waals surface area contributed by atoms with Gasteiger partial charge in [-0.1, -0.05) is 73.3 Å². The molecule has 0 radical (unpaired) electrons. The fourth-order valence-corrected chi connectivity index (χ4v) is 11.7. The Morgan fingerprint density at radius 1 is 0.927 bits per heavy atom. The summed E-state index contributed by atoms with van der Waals surface area (Å²) in [6.07, 6.45) is 5.90. The highest BCUT2D eigenvalue weighted by atomic mass is 31.2. The van der Waals surface area contributed by atoms with Crippen LogP contribution in [0.25, 0.3) is 10.8 Å². The second-order valence-electron chi connectivity index (χ2n) is 22.6. The lowest BCUT2D eigenvalue weighted by Crippen LogP contribution is -2.45. The van der Waals surface area contributed by atoms with Gasteiger partial charge in [-0.05, 0) is 50.0 Å². The number of hydrogen-bond acceptors (Lipinski definition) is 19. The average Bonchev–Trinajstić information content (AvgIpc) is 1.72. The number of piperazine rings is 1. The van der Waals surface area contributed by atoms with Crippen LogP contribution in [0.4, 0.5) is 5.69 Å². The normalized spacial score (nSPS) is 27.2. The van der Waals surface area contributed by atoms with E-state index >= 15 is 0 Å². The first-order valence-electron chi connectivity index (χ1n) is 27.3. The number of phenolic OH excluding ortho intramolecular Hbond substituents is 3. The fourth-order valence-electron chi connectivity index (χ4n) is 10.6. The zero-order valence-electron chi connectivity index (χ0n) is 48.7. The first-order valence-corrected chi connectivity index (χ1v) is 29.2. The maximum absolute atomic E-state index is 14.7. The molecule has 1 amide bonds. The Kier molecular flexibility index (Phi) is 20.4. The molecule has 7 N–H and O–H groups in total. The molecular weight excluding hydrogens is 1080 g/mol. The molecule has 0 aromatic heterocycles. The van der Waals surface area contributed by atoms with Gasteiger partial charge >= 0.3 is 17.7 Å². The van der Waals surface area contributed by atoms with E-state index < -0.39 is 114 Å². The second-order valence-corrected chi connectivity index (χ2v) is 24.9. The van der Waals surface area contributed by atoms with Gasteiger partial charge in [-0.2, -0.15) is 5.10 Å². The number of fused-ring (bicyclic) bond motifs is 14. The number of hydrogen-bond donors (Lipinski definition) is 7. The summed E-state index contributed by atoms with van der Waals surface area (Å²) in [4.78, 5) is 76.9. The molecule has 4 heterocycles. The monoisotopic (exact) mass is 1160 g/mol. The van der Waals surface area contributed by atoms with Gasteiger partial charge in [0.2, 0.25) is 7.37 Å². The number of hydrazone groups is 1. The smallest absolute Gasteiger partial charge is 0.312 e. The number of rotatable bonds is 14. The highest BCUT2D eigenvalue weighted by Crippen LogP contribution is 2.55. The van der Waals surface area contributed by atoms with E-state index in [0.29, 0.717) is 50.3 Å². The van der Waals surface area contributed by atoms with Crippen molar-refractivity contribution >= 4 is 65.3 Å². The predicted molar refractivity (Wildman–Crippen MR) is 309 cm³/mol. The van der Waals surface area contributed by atoms with Crippen molar-refractivity contribution < 1.29 is 82.6 Å². The summed E-state index contributed by atoms with van der Waals surface area (Å²) in [5.41, 5.74) is -0.948. The first-order chi connectivity index (χ1) is 38.3. The van der Waals surface area contributed by atoms with Gasteiger partial charge in [-0.3, -0.25) is 33.7 Å². The molecule has 7 rings (SSSR count). The molecule has 0 saturated carbocycles. The van der Waals surface area contributed by atoms with Crippen molar-refractivity contribution in [1.29, 1.82) is 0 Å². The average molecular weight is 1160 g/mol. The van der Waals surface area contributed by atoms with Crippen LogP contribution in [0.1, 0.15) is 110 Å². The number of ether oxygens (including phenoxy) is 5. The number of carbonyl (C=O) groups is 5. The van der Waals surface area contributed by atoms with Crippen molar-refractivity contribution in [2.45, 2.75) is 119 Å². The summed E-state index contributed by atoms with van der Waals surface area (Å²) in [5, 5.41) is 67.8. The van der Waals surface area contributed by atoms with Crippen molar-refractivity contribution in [3.63, 3.8) is 0 Å². The molecule has 22 heteroatoms. The summed E-state index contributed by atoms with van der Waals surface area (Å²) in [6, 6.07) is 4.26. The van der Waals surface area contributed by atoms with Gasteiger partial charge in [0, 0.05) is 110 Å². The number of aliphatic hydroxyl groups is 2. The highest BCUT2D eigenvalue weighted by Gasteiger charge is 2.50. The molecular formula is C60H79N4O17P. The maximum Gasteiger partial charge on any atom is 0.312 e. The van der Waals surface area contributed by atoms with E-state index in [-0.39, 0.29) is 68.6 Å². The van der Waals surface area contributed by atoms with Crippen LogP contribution < -0.4 is 20.1 Å². The van der Waals surface area contributed by atoms with Crippen LogP contribution in [0.3, 0.4) is 0 Å². The predicted octanol–water partition coefficient (Wildman–Crippen LogP) is 7.24. The largest absolute Gasteiger partial charge is 0.507 e. The number of aldehydes is 1. The number of nitrogens with zero attached hydrogens (tertiary/aromatic N) is 3. The van der Waals surface area contributed by atoms with E-state index in [1.54, 1.807) is 44.0 Å². The van der Waals surface area contributed by atoms with Gasteiger partial charge in [0.15, 0.2) is 5.75 Å². The van der Waals surface area contributed by atoms with Gasteiger partial charge in [0.1, 0.15) is 42.0 Å². The highest BCUT2D eigenvalue weighted by molar-refractivity contribution is 7.66. The van der Waals surface area contributed by atoms with Crippen molar-refractivity contribution in [3.05, 3.63) is 88.9 Å². The Balaban J connectivity index is 1.27. The topological polar surface area (TPSA) is 301 Å². The molecule has 1 fully saturated rings. The Labute approximate surface area is 478 Å². The SMILES string of the molecule is C=C(CC(C)(C)c1cc(P(=O)(O)CC=O)ccc1OC(C)=O)OCCN1CCN(/N=C\c2c3c(O)c4c(O)c(C)c5c(c4c2O)C(=O)[C@@](C)(O/C=C/[C@H](C)[C@@H](C)[C@@H](OC(C)=O)[C@H](C)[C@H](O)[C@H](C)[C@@H](O)[C@@H](C)/C=C/C=C(/C)C(=O)N3)O5)CC1. The minimum atomic E-state index is -4.01. The summed E-state index contributed by atoms with van der Waals surface area (Å²) < 4.78 is 42.5. The maximum atomic E-state index is 14.7.